The predicted octanol–water partition coefficient (Wildman–Crippen LogP) is 5.83. The second-order valence-corrected chi connectivity index (χ2v) is 9.52. The van der Waals surface area contributed by atoms with Crippen molar-refractivity contribution in [2.75, 3.05) is 6.61 Å². The first-order valence-electron chi connectivity index (χ1n) is 13.0. The van der Waals surface area contributed by atoms with Crippen molar-refractivity contribution in [1.29, 1.82) is 0 Å². The quantitative estimate of drug-likeness (QED) is 0.133. The van der Waals surface area contributed by atoms with E-state index in [4.69, 9.17) is 4.74 Å². The van der Waals surface area contributed by atoms with Crippen LogP contribution in [-0.4, -0.2) is 37.7 Å². The fraction of sp³-hybridized carbons (Fsp3) is 0.258. The van der Waals surface area contributed by atoms with E-state index in [0.29, 0.717) is 35.0 Å². The van der Waals surface area contributed by atoms with Crippen molar-refractivity contribution in [1.82, 2.24) is 14.3 Å². The number of aliphatic hydroxyl groups is 1. The van der Waals surface area contributed by atoms with E-state index in [1.807, 2.05) is 72.8 Å². The highest BCUT2D eigenvalue weighted by molar-refractivity contribution is 6.46. The molecule has 0 saturated carbocycles. The normalized spacial score (nSPS) is 16.9. The molecule has 1 atom stereocenters. The highest BCUT2D eigenvalue weighted by atomic mass is 16.5. The maximum absolute atomic E-state index is 13.5. The fourth-order valence-electron chi connectivity index (χ4n) is 5.01. The lowest BCUT2D eigenvalue weighted by Crippen LogP contribution is -2.29. The van der Waals surface area contributed by atoms with Crippen molar-refractivity contribution >= 4 is 23.1 Å². The lowest BCUT2D eigenvalue weighted by Gasteiger charge is -2.26. The number of rotatable bonds is 9. The molecular formula is C31H31N3O4. The largest absolute Gasteiger partial charge is 0.505 e. The van der Waals surface area contributed by atoms with Gasteiger partial charge in [-0.15, -0.1) is 0 Å². The molecule has 1 amide bonds. The number of carbonyl (C=O) groups is 2. The topological polar surface area (TPSA) is 84.1 Å². The molecule has 0 spiro atoms. The lowest BCUT2D eigenvalue weighted by atomic mass is 9.96. The predicted molar refractivity (Wildman–Crippen MR) is 146 cm³/mol. The van der Waals surface area contributed by atoms with Crippen LogP contribution >= 0.6 is 0 Å². The van der Waals surface area contributed by atoms with Gasteiger partial charge in [0.05, 0.1) is 23.9 Å². The van der Waals surface area contributed by atoms with Crippen LogP contribution in [0.5, 0.6) is 5.75 Å². The Hall–Kier alpha value is -4.39. The molecule has 1 fully saturated rings. The van der Waals surface area contributed by atoms with Gasteiger partial charge in [0, 0.05) is 12.7 Å². The van der Waals surface area contributed by atoms with Crippen molar-refractivity contribution in [2.45, 2.75) is 45.7 Å². The maximum Gasteiger partial charge on any atom is 0.295 e. The molecule has 1 aliphatic heterocycles. The van der Waals surface area contributed by atoms with E-state index in [0.717, 1.165) is 24.8 Å². The molecule has 1 aliphatic rings. The molecule has 5 rings (SSSR count). The van der Waals surface area contributed by atoms with E-state index in [9.17, 15) is 14.7 Å². The number of amides is 1. The van der Waals surface area contributed by atoms with E-state index in [1.165, 1.54) is 4.90 Å². The molecule has 3 heterocycles. The summed E-state index contributed by atoms with van der Waals surface area (Å²) in [6.45, 7) is 4.73. The number of Topliss-reactive ketones (excluding diaryl/α,β-unsaturated/α-hetero) is 1. The van der Waals surface area contributed by atoms with Gasteiger partial charge >= 0.3 is 0 Å². The summed E-state index contributed by atoms with van der Waals surface area (Å²) in [6, 6.07) is 21.7. The molecule has 194 valence electrons. The summed E-state index contributed by atoms with van der Waals surface area (Å²) in [5, 5.41) is 11.6. The Labute approximate surface area is 222 Å². The summed E-state index contributed by atoms with van der Waals surface area (Å²) in [4.78, 5) is 33.0. The minimum absolute atomic E-state index is 0.0443. The molecule has 2 aromatic carbocycles. The van der Waals surface area contributed by atoms with Crippen LogP contribution in [0.2, 0.25) is 0 Å². The average Bonchev–Trinajstić information content (AvgIpc) is 3.40. The van der Waals surface area contributed by atoms with Gasteiger partial charge in [-0.05, 0) is 48.7 Å². The van der Waals surface area contributed by atoms with Crippen LogP contribution in [0.15, 0.2) is 84.6 Å². The van der Waals surface area contributed by atoms with Crippen molar-refractivity contribution in [2.24, 2.45) is 0 Å². The van der Waals surface area contributed by atoms with Gasteiger partial charge in [0.2, 0.25) is 0 Å². The van der Waals surface area contributed by atoms with Crippen molar-refractivity contribution in [3.63, 3.8) is 0 Å². The Kier molecular flexibility index (Phi) is 7.26. The van der Waals surface area contributed by atoms with Crippen molar-refractivity contribution < 1.29 is 19.4 Å². The van der Waals surface area contributed by atoms with E-state index in [-0.39, 0.29) is 17.9 Å². The second kappa shape index (κ2) is 10.9. The molecule has 2 aromatic heterocycles. The molecular weight excluding hydrogens is 478 g/mol. The van der Waals surface area contributed by atoms with Crippen LogP contribution in [-0.2, 0) is 16.1 Å². The first kappa shape index (κ1) is 25.3. The average molecular weight is 510 g/mol. The first-order chi connectivity index (χ1) is 18.5. The van der Waals surface area contributed by atoms with E-state index < -0.39 is 17.7 Å². The first-order valence-corrected chi connectivity index (χ1v) is 13.0. The van der Waals surface area contributed by atoms with E-state index in [1.54, 1.807) is 17.5 Å². The van der Waals surface area contributed by atoms with Crippen LogP contribution < -0.4 is 4.74 Å². The number of likely N-dealkylation sites (tertiary alicyclic amines) is 1. The summed E-state index contributed by atoms with van der Waals surface area (Å²) in [5.41, 5.74) is 3.23. The molecule has 7 nitrogen and oxygen atoms in total. The zero-order valence-corrected chi connectivity index (χ0v) is 21.6. The second-order valence-electron chi connectivity index (χ2n) is 9.52. The number of aromatic nitrogens is 2. The van der Waals surface area contributed by atoms with Crippen LogP contribution in [0.4, 0.5) is 0 Å². The van der Waals surface area contributed by atoms with Gasteiger partial charge < -0.3 is 14.7 Å². The molecule has 38 heavy (non-hydrogen) atoms. The van der Waals surface area contributed by atoms with Gasteiger partial charge in [-0.25, -0.2) is 4.98 Å². The SMILES string of the molecule is CCCCCOc1cccc(C2/C(=C(\O)c3c(C)nc4ccccn34)C(=O)C(=O)N2Cc2ccccc2)c1. The van der Waals surface area contributed by atoms with Crippen molar-refractivity contribution in [3.05, 3.63) is 107 Å². The van der Waals surface area contributed by atoms with Crippen LogP contribution in [0.25, 0.3) is 11.4 Å². The summed E-state index contributed by atoms with van der Waals surface area (Å²) >= 11 is 0. The number of hydrogen-bond acceptors (Lipinski definition) is 5. The lowest BCUT2D eigenvalue weighted by molar-refractivity contribution is -0.140. The van der Waals surface area contributed by atoms with Gasteiger partial charge in [-0.3, -0.25) is 14.0 Å². The van der Waals surface area contributed by atoms with Crippen molar-refractivity contribution in [3.8, 4) is 5.75 Å². The zero-order chi connectivity index (χ0) is 26.6. The minimum Gasteiger partial charge on any atom is -0.505 e. The number of aliphatic hydroxyl groups excluding tert-OH is 1. The number of ketones is 1. The number of pyridine rings is 1. The minimum atomic E-state index is -0.789. The molecule has 0 aliphatic carbocycles. The van der Waals surface area contributed by atoms with Gasteiger partial charge in [0.15, 0.2) is 5.76 Å². The van der Waals surface area contributed by atoms with E-state index in [2.05, 4.69) is 11.9 Å². The number of unbranched alkanes of at least 4 members (excludes halogenated alkanes) is 2. The summed E-state index contributed by atoms with van der Waals surface area (Å²) in [6.07, 6.45) is 4.90. The summed E-state index contributed by atoms with van der Waals surface area (Å²) in [5.74, 6) is -0.951. The molecule has 4 aromatic rings. The Morgan fingerprint density at radius 2 is 1.79 bits per heavy atom. The molecule has 1 saturated heterocycles. The Morgan fingerprint density at radius 3 is 2.58 bits per heavy atom. The number of hydrogen-bond donors (Lipinski definition) is 1. The third-order valence-corrected chi connectivity index (χ3v) is 6.85. The van der Waals surface area contributed by atoms with E-state index >= 15 is 0 Å². The van der Waals surface area contributed by atoms with Crippen LogP contribution in [0, 0.1) is 6.92 Å². The molecule has 0 bridgehead atoms. The number of benzene rings is 2. The number of fused-ring (bicyclic) bond motifs is 1. The van der Waals surface area contributed by atoms with Crippen LogP contribution in [0.3, 0.4) is 0 Å². The molecule has 0 radical (unpaired) electrons. The zero-order valence-electron chi connectivity index (χ0n) is 21.6. The Bertz CT molecular complexity index is 1510. The smallest absolute Gasteiger partial charge is 0.295 e. The molecule has 1 unspecified atom stereocenters. The summed E-state index contributed by atoms with van der Waals surface area (Å²) < 4.78 is 7.71. The standard InChI is InChI=1S/C31H31N3O4/c1-3-4-10-18-38-24-15-11-14-23(19-24)28-26(29(35)27-21(2)32-25-16-8-9-17-33(25)27)30(36)31(37)34(28)20-22-12-6-5-7-13-22/h5-9,11-17,19,28,35H,3-4,10,18,20H2,1-2H3/b29-26+. The highest BCUT2D eigenvalue weighted by Gasteiger charge is 2.46. The Balaban J connectivity index is 1.63. The third-order valence-electron chi connectivity index (χ3n) is 6.85. The number of aryl methyl sites for hydroxylation is 1. The maximum atomic E-state index is 13.5. The Morgan fingerprint density at radius 1 is 1.00 bits per heavy atom. The highest BCUT2D eigenvalue weighted by Crippen LogP contribution is 2.41. The van der Waals surface area contributed by atoms with Gasteiger partial charge in [0.1, 0.15) is 17.1 Å². The fourth-order valence-corrected chi connectivity index (χ4v) is 5.01. The number of imidazole rings is 1. The molecule has 1 N–H and O–H groups in total. The number of ether oxygens (including phenoxy) is 1. The monoisotopic (exact) mass is 509 g/mol. The third kappa shape index (κ3) is 4.79. The number of carbonyl (C=O) groups excluding carboxylic acids is 2. The summed E-state index contributed by atoms with van der Waals surface area (Å²) in [7, 11) is 0. The van der Waals surface area contributed by atoms with Gasteiger partial charge in [-0.2, -0.15) is 0 Å². The van der Waals surface area contributed by atoms with Gasteiger partial charge in [-0.1, -0.05) is 68.3 Å². The van der Waals surface area contributed by atoms with Gasteiger partial charge in [0.25, 0.3) is 11.7 Å². The van der Waals surface area contributed by atoms with Crippen LogP contribution in [0.1, 0.15) is 54.7 Å². The number of nitrogens with zero attached hydrogens (tertiary/aromatic N) is 3. The molecule has 7 heteroatoms.